The Morgan fingerprint density at radius 2 is 1.91 bits per heavy atom. The number of hydrogen-bond donors (Lipinski definition) is 0. The minimum Gasteiger partial charge on any atom is -0.449 e. The fourth-order valence-corrected chi connectivity index (χ4v) is 1.73. The van der Waals surface area contributed by atoms with Crippen molar-refractivity contribution in [1.82, 2.24) is 0 Å². The monoisotopic (exact) mass is 274 g/mol. The van der Waals surface area contributed by atoms with Crippen LogP contribution < -0.4 is 0 Å². The van der Waals surface area contributed by atoms with Crippen LogP contribution in [0.25, 0.3) is 11.0 Å². The molecule has 0 spiro atoms. The van der Waals surface area contributed by atoms with Crippen molar-refractivity contribution in [3.8, 4) is 0 Å². The van der Waals surface area contributed by atoms with E-state index in [0.717, 1.165) is 20.1 Å². The summed E-state index contributed by atoms with van der Waals surface area (Å²) in [7, 11) is 0. The molecule has 0 saturated heterocycles. The third-order valence-electron chi connectivity index (χ3n) is 1.45. The topological polar surface area (TPSA) is 13.1 Å². The van der Waals surface area contributed by atoms with Gasteiger partial charge in [-0.2, -0.15) is 0 Å². The lowest BCUT2D eigenvalue weighted by atomic mass is 10.3. The Balaban J connectivity index is 2.82. The summed E-state index contributed by atoms with van der Waals surface area (Å²) < 4.78 is 7.14. The molecule has 0 aliphatic rings. The predicted octanol–water partition coefficient (Wildman–Crippen LogP) is 3.96. The zero-order chi connectivity index (χ0) is 7.84. The van der Waals surface area contributed by atoms with Gasteiger partial charge in [0, 0.05) is 9.86 Å². The molecule has 1 aromatic heterocycles. The number of benzene rings is 1. The van der Waals surface area contributed by atoms with Gasteiger partial charge in [0.2, 0.25) is 0 Å². The Morgan fingerprint density at radius 1 is 1.09 bits per heavy atom. The molecule has 0 aliphatic heterocycles. The molecule has 0 amide bonds. The van der Waals surface area contributed by atoms with E-state index in [2.05, 4.69) is 31.9 Å². The molecule has 0 radical (unpaired) electrons. The molecule has 56 valence electrons. The van der Waals surface area contributed by atoms with Crippen LogP contribution in [0.15, 0.2) is 37.8 Å². The molecule has 3 heteroatoms. The van der Waals surface area contributed by atoms with Gasteiger partial charge in [-0.25, -0.2) is 0 Å². The van der Waals surface area contributed by atoms with Crippen LogP contribution in [0.5, 0.6) is 0 Å². The van der Waals surface area contributed by atoms with Gasteiger partial charge in [-0.3, -0.25) is 0 Å². The second kappa shape index (κ2) is 2.64. The van der Waals surface area contributed by atoms with Crippen LogP contribution in [0.1, 0.15) is 0 Å². The van der Waals surface area contributed by atoms with E-state index in [0.29, 0.717) is 0 Å². The van der Waals surface area contributed by atoms with Gasteiger partial charge in [0.25, 0.3) is 0 Å². The van der Waals surface area contributed by atoms with Crippen molar-refractivity contribution < 1.29 is 4.42 Å². The average Bonchev–Trinajstić information content (AvgIpc) is 2.27. The Labute approximate surface area is 80.6 Å². The summed E-state index contributed by atoms with van der Waals surface area (Å²) in [5.74, 6) is 0. The summed E-state index contributed by atoms with van der Waals surface area (Å²) in [6.07, 6.45) is 0. The van der Waals surface area contributed by atoms with Crippen molar-refractivity contribution in [2.75, 3.05) is 0 Å². The minimum absolute atomic E-state index is 0.769. The van der Waals surface area contributed by atoms with Crippen LogP contribution in [0.2, 0.25) is 0 Å². The van der Waals surface area contributed by atoms with Crippen LogP contribution in [0.3, 0.4) is 0 Å². The van der Waals surface area contributed by atoms with Crippen molar-refractivity contribution in [3.05, 3.63) is 33.4 Å². The maximum absolute atomic E-state index is 5.34. The Kier molecular flexibility index (Phi) is 1.77. The van der Waals surface area contributed by atoms with E-state index in [1.54, 1.807) is 0 Å². The molecule has 0 saturated carbocycles. The molecule has 1 nitrogen and oxygen atoms in total. The Morgan fingerprint density at radius 3 is 2.73 bits per heavy atom. The number of fused-ring (bicyclic) bond motifs is 1. The largest absolute Gasteiger partial charge is 0.449 e. The van der Waals surface area contributed by atoms with E-state index in [1.807, 2.05) is 24.3 Å². The van der Waals surface area contributed by atoms with Crippen LogP contribution in [-0.2, 0) is 0 Å². The lowest BCUT2D eigenvalue weighted by Crippen LogP contribution is -1.62. The van der Waals surface area contributed by atoms with Crippen LogP contribution in [0.4, 0.5) is 0 Å². The van der Waals surface area contributed by atoms with Gasteiger partial charge in [-0.1, -0.05) is 15.9 Å². The lowest BCUT2D eigenvalue weighted by Gasteiger charge is -1.87. The first-order valence-electron chi connectivity index (χ1n) is 3.10. The van der Waals surface area contributed by atoms with Gasteiger partial charge < -0.3 is 4.42 Å². The highest BCUT2D eigenvalue weighted by molar-refractivity contribution is 9.10. The molecule has 0 aliphatic carbocycles. The maximum atomic E-state index is 5.34. The average molecular weight is 276 g/mol. The van der Waals surface area contributed by atoms with Crippen molar-refractivity contribution in [3.63, 3.8) is 0 Å². The lowest BCUT2D eigenvalue weighted by molar-refractivity contribution is 0.587. The first kappa shape index (κ1) is 7.37. The first-order chi connectivity index (χ1) is 5.25. The SMILES string of the molecule is Brc1ccc2cc(Br)oc2c1. The molecule has 11 heavy (non-hydrogen) atoms. The molecule has 0 atom stereocenters. The molecule has 1 aromatic carbocycles. The van der Waals surface area contributed by atoms with E-state index in [4.69, 9.17) is 4.42 Å². The van der Waals surface area contributed by atoms with Gasteiger partial charge in [0.1, 0.15) is 5.58 Å². The second-order valence-electron chi connectivity index (χ2n) is 2.23. The number of rotatable bonds is 0. The molecule has 0 unspecified atom stereocenters. The van der Waals surface area contributed by atoms with Gasteiger partial charge in [-0.05, 0) is 40.2 Å². The van der Waals surface area contributed by atoms with Gasteiger partial charge in [-0.15, -0.1) is 0 Å². The third kappa shape index (κ3) is 1.35. The normalized spacial score (nSPS) is 10.7. The van der Waals surface area contributed by atoms with Gasteiger partial charge in [0.15, 0.2) is 4.67 Å². The molecule has 0 N–H and O–H groups in total. The van der Waals surface area contributed by atoms with E-state index >= 15 is 0 Å². The predicted molar refractivity (Wildman–Crippen MR) is 51.6 cm³/mol. The summed E-state index contributed by atoms with van der Waals surface area (Å²) in [5, 5.41) is 1.11. The minimum atomic E-state index is 0.769. The molecule has 0 fully saturated rings. The van der Waals surface area contributed by atoms with Gasteiger partial charge in [0.05, 0.1) is 0 Å². The van der Waals surface area contributed by atoms with E-state index < -0.39 is 0 Å². The quantitative estimate of drug-likeness (QED) is 0.709. The van der Waals surface area contributed by atoms with Gasteiger partial charge >= 0.3 is 0 Å². The molecular weight excluding hydrogens is 272 g/mol. The zero-order valence-electron chi connectivity index (χ0n) is 5.47. The highest BCUT2D eigenvalue weighted by Gasteiger charge is 1.99. The Bertz CT molecular complexity index is 392. The second-order valence-corrected chi connectivity index (χ2v) is 3.93. The molecular formula is C8H4Br2O. The number of furan rings is 1. The van der Waals surface area contributed by atoms with Crippen molar-refractivity contribution >= 4 is 42.8 Å². The third-order valence-corrected chi connectivity index (χ3v) is 2.34. The smallest absolute Gasteiger partial charge is 0.170 e. The van der Waals surface area contributed by atoms with Crippen LogP contribution in [0, 0.1) is 0 Å². The highest BCUT2D eigenvalue weighted by atomic mass is 79.9. The summed E-state index contributed by atoms with van der Waals surface area (Å²) in [6, 6.07) is 7.89. The van der Waals surface area contributed by atoms with E-state index in [-0.39, 0.29) is 0 Å². The van der Waals surface area contributed by atoms with Crippen molar-refractivity contribution in [1.29, 1.82) is 0 Å². The van der Waals surface area contributed by atoms with Crippen molar-refractivity contribution in [2.45, 2.75) is 0 Å². The number of hydrogen-bond acceptors (Lipinski definition) is 1. The first-order valence-corrected chi connectivity index (χ1v) is 4.69. The summed E-state index contributed by atoms with van der Waals surface area (Å²) in [4.78, 5) is 0. The van der Waals surface area contributed by atoms with Crippen LogP contribution >= 0.6 is 31.9 Å². The fraction of sp³-hybridized carbons (Fsp3) is 0. The summed E-state index contributed by atoms with van der Waals surface area (Å²) in [5.41, 5.74) is 0.895. The van der Waals surface area contributed by atoms with E-state index in [9.17, 15) is 0 Å². The highest BCUT2D eigenvalue weighted by Crippen LogP contribution is 2.25. The zero-order valence-corrected chi connectivity index (χ0v) is 8.65. The summed E-state index contributed by atoms with van der Waals surface area (Å²) >= 11 is 6.63. The number of halogens is 2. The van der Waals surface area contributed by atoms with E-state index in [1.165, 1.54) is 0 Å². The summed E-state index contributed by atoms with van der Waals surface area (Å²) in [6.45, 7) is 0. The van der Waals surface area contributed by atoms with Crippen LogP contribution in [-0.4, -0.2) is 0 Å². The van der Waals surface area contributed by atoms with Crippen molar-refractivity contribution in [2.24, 2.45) is 0 Å². The molecule has 0 bridgehead atoms. The molecule has 2 aromatic rings. The fourth-order valence-electron chi connectivity index (χ4n) is 0.973. The molecule has 2 rings (SSSR count). The maximum Gasteiger partial charge on any atom is 0.170 e. The Hall–Kier alpha value is -0.280. The standard InChI is InChI=1S/C8H4Br2O/c9-6-2-1-5-3-8(10)11-7(5)4-6/h1-4H. The molecule has 1 heterocycles.